The van der Waals surface area contributed by atoms with Gasteiger partial charge in [-0.25, -0.2) is 10.5 Å². The number of fused-ring (bicyclic) bond motifs is 1. The molecule has 0 bridgehead atoms. The number of carbonyl (C=O) groups excluding carboxylic acids is 1. The number of amides is 1. The fourth-order valence-corrected chi connectivity index (χ4v) is 2.32. The molecule has 0 spiro atoms. The predicted octanol–water partition coefficient (Wildman–Crippen LogP) is 2.26. The van der Waals surface area contributed by atoms with Crippen molar-refractivity contribution < 1.29 is 10.0 Å². The van der Waals surface area contributed by atoms with Crippen LogP contribution in [0, 0.1) is 0 Å². The van der Waals surface area contributed by atoms with Gasteiger partial charge in [0.05, 0.1) is 11.0 Å². The molecule has 23 heavy (non-hydrogen) atoms. The number of benzene rings is 1. The number of aryl methyl sites for hydroxylation is 2. The van der Waals surface area contributed by atoms with E-state index in [0.717, 1.165) is 35.3 Å². The summed E-state index contributed by atoms with van der Waals surface area (Å²) in [4.78, 5) is 23.0. The summed E-state index contributed by atoms with van der Waals surface area (Å²) in [7, 11) is 0. The van der Waals surface area contributed by atoms with Crippen molar-refractivity contribution >= 4 is 23.0 Å². The lowest BCUT2D eigenvalue weighted by Gasteiger charge is -1.97. The first kappa shape index (κ1) is 14.9. The molecule has 0 saturated carbocycles. The van der Waals surface area contributed by atoms with Crippen LogP contribution in [0.2, 0.25) is 0 Å². The Bertz CT molecular complexity index is 840. The molecule has 116 valence electrons. The van der Waals surface area contributed by atoms with E-state index in [-0.39, 0.29) is 0 Å². The minimum Gasteiger partial charge on any atom is -0.342 e. The average molecular weight is 308 g/mol. The Kier molecular flexibility index (Phi) is 4.44. The second-order valence-corrected chi connectivity index (χ2v) is 5.13. The molecule has 3 aromatic rings. The summed E-state index contributed by atoms with van der Waals surface area (Å²) in [6.45, 7) is 0. The summed E-state index contributed by atoms with van der Waals surface area (Å²) >= 11 is 0. The van der Waals surface area contributed by atoms with Gasteiger partial charge >= 0.3 is 0 Å². The van der Waals surface area contributed by atoms with Gasteiger partial charge in [-0.15, -0.1) is 0 Å². The molecule has 2 aromatic heterocycles. The van der Waals surface area contributed by atoms with Gasteiger partial charge < -0.3 is 4.98 Å². The highest BCUT2D eigenvalue weighted by molar-refractivity contribution is 5.91. The summed E-state index contributed by atoms with van der Waals surface area (Å²) in [6, 6.07) is 9.65. The predicted molar refractivity (Wildman–Crippen MR) is 86.7 cm³/mol. The van der Waals surface area contributed by atoms with Gasteiger partial charge in [0, 0.05) is 24.9 Å². The van der Waals surface area contributed by atoms with E-state index >= 15 is 0 Å². The molecule has 0 unspecified atom stereocenters. The zero-order valence-electron chi connectivity index (χ0n) is 12.4. The summed E-state index contributed by atoms with van der Waals surface area (Å²) in [5, 5.41) is 8.47. The highest BCUT2D eigenvalue weighted by Gasteiger charge is 2.04. The first-order chi connectivity index (χ1) is 11.2. The Hall–Kier alpha value is -2.99. The molecule has 6 heteroatoms. The van der Waals surface area contributed by atoms with Crippen molar-refractivity contribution in [3.63, 3.8) is 0 Å². The number of aromatic amines is 1. The number of pyridine rings is 1. The van der Waals surface area contributed by atoms with E-state index in [1.165, 1.54) is 11.6 Å². The quantitative estimate of drug-likeness (QED) is 0.383. The summed E-state index contributed by atoms with van der Waals surface area (Å²) in [6.07, 6.45) is 8.19. The molecule has 0 radical (unpaired) electrons. The topological polar surface area (TPSA) is 90.9 Å². The Morgan fingerprint density at radius 3 is 3.00 bits per heavy atom. The van der Waals surface area contributed by atoms with E-state index in [0.29, 0.717) is 0 Å². The number of hydroxylamine groups is 1. The van der Waals surface area contributed by atoms with E-state index in [9.17, 15) is 4.79 Å². The SMILES string of the molecule is O=C(C=Cc1ccc2nc(CCc3cccnc3)[nH]c2c1)NO. The van der Waals surface area contributed by atoms with Crippen molar-refractivity contribution in [1.82, 2.24) is 20.4 Å². The molecule has 0 atom stereocenters. The first-order valence-corrected chi connectivity index (χ1v) is 7.24. The monoisotopic (exact) mass is 308 g/mol. The van der Waals surface area contributed by atoms with Crippen LogP contribution in [-0.2, 0) is 17.6 Å². The number of carbonyl (C=O) groups is 1. The Labute approximate surface area is 132 Å². The number of rotatable bonds is 5. The van der Waals surface area contributed by atoms with Crippen molar-refractivity contribution in [3.05, 3.63) is 65.8 Å². The normalized spacial score (nSPS) is 11.2. The molecule has 3 rings (SSSR count). The molecular formula is C17H16N4O2. The van der Waals surface area contributed by atoms with Crippen molar-refractivity contribution in [1.29, 1.82) is 0 Å². The van der Waals surface area contributed by atoms with Gasteiger partial charge in [-0.2, -0.15) is 0 Å². The zero-order valence-corrected chi connectivity index (χ0v) is 12.4. The molecule has 1 aromatic carbocycles. The van der Waals surface area contributed by atoms with Crippen LogP contribution < -0.4 is 5.48 Å². The van der Waals surface area contributed by atoms with Gasteiger partial charge in [0.1, 0.15) is 5.82 Å². The standard InChI is InChI=1S/C17H16N4O2/c22-17(21-23)8-5-12-3-6-14-15(10-12)20-16(19-14)7-4-13-2-1-9-18-11-13/h1-3,5-6,8-11,23H,4,7H2,(H,19,20)(H,21,22). The third kappa shape index (κ3) is 3.81. The number of imidazole rings is 1. The van der Waals surface area contributed by atoms with Crippen molar-refractivity contribution in [2.45, 2.75) is 12.8 Å². The molecule has 6 nitrogen and oxygen atoms in total. The molecule has 0 aliphatic carbocycles. The Balaban J connectivity index is 1.74. The molecule has 0 aliphatic heterocycles. The van der Waals surface area contributed by atoms with Crippen molar-refractivity contribution in [2.24, 2.45) is 0 Å². The van der Waals surface area contributed by atoms with Crippen LogP contribution in [0.15, 0.2) is 48.8 Å². The van der Waals surface area contributed by atoms with Gasteiger partial charge in [0.15, 0.2) is 0 Å². The highest BCUT2D eigenvalue weighted by atomic mass is 16.5. The fourth-order valence-electron chi connectivity index (χ4n) is 2.32. The van der Waals surface area contributed by atoms with Crippen molar-refractivity contribution in [3.8, 4) is 0 Å². The van der Waals surface area contributed by atoms with Gasteiger partial charge in [0.25, 0.3) is 5.91 Å². The minimum atomic E-state index is -0.563. The van der Waals surface area contributed by atoms with Crippen molar-refractivity contribution in [2.75, 3.05) is 0 Å². The summed E-state index contributed by atoms with van der Waals surface area (Å²) in [5.41, 5.74) is 5.38. The minimum absolute atomic E-state index is 0.563. The largest absolute Gasteiger partial charge is 0.342 e. The van der Waals surface area contributed by atoms with E-state index in [1.807, 2.05) is 36.5 Å². The second kappa shape index (κ2) is 6.85. The van der Waals surface area contributed by atoms with Crippen LogP contribution in [0.25, 0.3) is 17.1 Å². The van der Waals surface area contributed by atoms with E-state index in [1.54, 1.807) is 17.8 Å². The maximum atomic E-state index is 11.0. The number of nitrogens with one attached hydrogen (secondary N) is 2. The summed E-state index contributed by atoms with van der Waals surface area (Å²) in [5.74, 6) is 0.352. The maximum Gasteiger partial charge on any atom is 0.267 e. The summed E-state index contributed by atoms with van der Waals surface area (Å²) < 4.78 is 0. The smallest absolute Gasteiger partial charge is 0.267 e. The van der Waals surface area contributed by atoms with Crippen LogP contribution in [0.4, 0.5) is 0 Å². The lowest BCUT2D eigenvalue weighted by molar-refractivity contribution is -0.124. The number of hydrogen-bond acceptors (Lipinski definition) is 4. The number of nitrogens with zero attached hydrogens (tertiary/aromatic N) is 2. The van der Waals surface area contributed by atoms with Crippen LogP contribution in [-0.4, -0.2) is 26.1 Å². The first-order valence-electron chi connectivity index (χ1n) is 7.24. The molecule has 0 aliphatic rings. The van der Waals surface area contributed by atoms with Crippen LogP contribution in [0.5, 0.6) is 0 Å². The highest BCUT2D eigenvalue weighted by Crippen LogP contribution is 2.16. The van der Waals surface area contributed by atoms with E-state index < -0.39 is 5.91 Å². The average Bonchev–Trinajstić information content (AvgIpc) is 3.01. The molecular weight excluding hydrogens is 292 g/mol. The van der Waals surface area contributed by atoms with Gasteiger partial charge in [-0.1, -0.05) is 12.1 Å². The van der Waals surface area contributed by atoms with E-state index in [2.05, 4.69) is 15.0 Å². The molecule has 3 N–H and O–H groups in total. The van der Waals surface area contributed by atoms with Crippen LogP contribution in [0.1, 0.15) is 17.0 Å². The fraction of sp³-hybridized carbons (Fsp3) is 0.118. The van der Waals surface area contributed by atoms with Crippen LogP contribution >= 0.6 is 0 Å². The molecule has 2 heterocycles. The molecule has 0 saturated heterocycles. The Morgan fingerprint density at radius 1 is 1.30 bits per heavy atom. The van der Waals surface area contributed by atoms with E-state index in [4.69, 9.17) is 5.21 Å². The zero-order chi connectivity index (χ0) is 16.1. The molecule has 1 amide bonds. The number of aromatic nitrogens is 3. The van der Waals surface area contributed by atoms with Gasteiger partial charge in [-0.3, -0.25) is 15.0 Å². The Morgan fingerprint density at radius 2 is 2.22 bits per heavy atom. The maximum absolute atomic E-state index is 11.0. The number of hydrogen-bond donors (Lipinski definition) is 3. The number of H-pyrrole nitrogens is 1. The van der Waals surface area contributed by atoms with Gasteiger partial charge in [0.2, 0.25) is 0 Å². The lowest BCUT2D eigenvalue weighted by Crippen LogP contribution is -2.14. The third-order valence-electron chi connectivity index (χ3n) is 3.47. The lowest BCUT2D eigenvalue weighted by atomic mass is 10.1. The second-order valence-electron chi connectivity index (χ2n) is 5.13. The van der Waals surface area contributed by atoms with Gasteiger partial charge in [-0.05, 0) is 41.8 Å². The van der Waals surface area contributed by atoms with Crippen LogP contribution in [0.3, 0.4) is 0 Å². The molecule has 0 fully saturated rings. The third-order valence-corrected chi connectivity index (χ3v) is 3.47.